The number of carbonyl (C=O) groups excluding carboxylic acids is 3. The Bertz CT molecular complexity index is 538. The topological polar surface area (TPSA) is 151 Å². The normalized spacial score (nSPS) is 17.6. The molecule has 6 unspecified atom stereocenters. The smallest absolute Gasteiger partial charge is 0.326 e. The first-order valence-corrected chi connectivity index (χ1v) is 9.35. The van der Waals surface area contributed by atoms with E-state index in [1.54, 1.807) is 13.8 Å². The SMILES string of the molecule is CCC(C)C(NC(=O)C(NC(=O)C(C)NC(=O)C(C)N)C(C)CC)C(=O)O. The van der Waals surface area contributed by atoms with Gasteiger partial charge in [-0.3, -0.25) is 14.4 Å². The van der Waals surface area contributed by atoms with Gasteiger partial charge in [-0.1, -0.05) is 40.5 Å². The van der Waals surface area contributed by atoms with Crippen molar-refractivity contribution in [3.05, 3.63) is 0 Å². The highest BCUT2D eigenvalue weighted by atomic mass is 16.4. The van der Waals surface area contributed by atoms with E-state index in [2.05, 4.69) is 16.0 Å². The fourth-order valence-electron chi connectivity index (χ4n) is 2.32. The summed E-state index contributed by atoms with van der Waals surface area (Å²) in [6, 6.07) is -3.60. The zero-order valence-electron chi connectivity index (χ0n) is 17.0. The molecular weight excluding hydrogens is 352 g/mol. The number of hydrogen-bond acceptors (Lipinski definition) is 5. The van der Waals surface area contributed by atoms with E-state index in [0.717, 1.165) is 0 Å². The van der Waals surface area contributed by atoms with Gasteiger partial charge in [0.2, 0.25) is 17.7 Å². The summed E-state index contributed by atoms with van der Waals surface area (Å²) in [6.07, 6.45) is 1.18. The maximum atomic E-state index is 12.7. The molecule has 0 radical (unpaired) electrons. The van der Waals surface area contributed by atoms with Gasteiger partial charge in [-0.15, -0.1) is 0 Å². The Kier molecular flexibility index (Phi) is 10.6. The summed E-state index contributed by atoms with van der Waals surface area (Å²) >= 11 is 0. The van der Waals surface area contributed by atoms with Gasteiger partial charge in [-0.25, -0.2) is 4.79 Å². The summed E-state index contributed by atoms with van der Waals surface area (Å²) in [5.74, 6) is -3.19. The summed E-state index contributed by atoms with van der Waals surface area (Å²) in [4.78, 5) is 48.1. The lowest BCUT2D eigenvalue weighted by Crippen LogP contribution is -2.58. The van der Waals surface area contributed by atoms with Gasteiger partial charge in [-0.2, -0.15) is 0 Å². The molecule has 156 valence electrons. The standard InChI is InChI=1S/C18H34N4O5/c1-7-9(3)13(17(25)22-14(18(26)27)10(4)8-2)21-16(24)12(6)20-15(23)11(5)19/h9-14H,7-8,19H2,1-6H3,(H,20,23)(H,21,24)(H,22,25)(H,26,27). The average Bonchev–Trinajstić information content (AvgIpc) is 2.61. The van der Waals surface area contributed by atoms with Gasteiger partial charge in [0.1, 0.15) is 18.1 Å². The van der Waals surface area contributed by atoms with Crippen molar-refractivity contribution in [1.82, 2.24) is 16.0 Å². The van der Waals surface area contributed by atoms with Crippen LogP contribution in [0.1, 0.15) is 54.4 Å². The Morgan fingerprint density at radius 3 is 1.63 bits per heavy atom. The van der Waals surface area contributed by atoms with Gasteiger partial charge < -0.3 is 26.8 Å². The predicted octanol–water partition coefficient (Wildman–Crippen LogP) is -0.0153. The van der Waals surface area contributed by atoms with E-state index < -0.39 is 47.9 Å². The average molecular weight is 386 g/mol. The van der Waals surface area contributed by atoms with Crippen LogP contribution in [-0.4, -0.2) is 53.0 Å². The first kappa shape index (κ1) is 24.8. The third-order valence-electron chi connectivity index (χ3n) is 4.74. The van der Waals surface area contributed by atoms with Crippen molar-refractivity contribution < 1.29 is 24.3 Å². The molecule has 0 aliphatic heterocycles. The molecule has 0 saturated carbocycles. The number of rotatable bonds is 11. The van der Waals surface area contributed by atoms with Crippen molar-refractivity contribution >= 4 is 23.7 Å². The zero-order valence-corrected chi connectivity index (χ0v) is 17.0. The van der Waals surface area contributed by atoms with Crippen molar-refractivity contribution in [1.29, 1.82) is 0 Å². The summed E-state index contributed by atoms with van der Waals surface area (Å²) in [7, 11) is 0. The molecule has 0 saturated heterocycles. The number of aliphatic carboxylic acids is 1. The molecule has 6 N–H and O–H groups in total. The van der Waals surface area contributed by atoms with Gasteiger partial charge >= 0.3 is 5.97 Å². The minimum absolute atomic E-state index is 0.225. The van der Waals surface area contributed by atoms with Crippen LogP contribution in [0.4, 0.5) is 0 Å². The van der Waals surface area contributed by atoms with Crippen molar-refractivity contribution in [2.75, 3.05) is 0 Å². The van der Waals surface area contributed by atoms with Crippen molar-refractivity contribution in [3.8, 4) is 0 Å². The molecule has 0 fully saturated rings. The fourth-order valence-corrected chi connectivity index (χ4v) is 2.32. The second-order valence-electron chi connectivity index (χ2n) is 7.10. The molecule has 0 aliphatic rings. The zero-order chi connectivity index (χ0) is 21.3. The number of carboxylic acids is 1. The molecule has 0 spiro atoms. The fraction of sp³-hybridized carbons (Fsp3) is 0.778. The molecule has 0 bridgehead atoms. The van der Waals surface area contributed by atoms with Crippen LogP contribution in [0.25, 0.3) is 0 Å². The van der Waals surface area contributed by atoms with Crippen LogP contribution in [0.5, 0.6) is 0 Å². The number of nitrogens with one attached hydrogen (secondary N) is 3. The van der Waals surface area contributed by atoms with Crippen LogP contribution in [0.15, 0.2) is 0 Å². The third kappa shape index (κ3) is 7.94. The van der Waals surface area contributed by atoms with Crippen LogP contribution in [0.3, 0.4) is 0 Å². The van der Waals surface area contributed by atoms with E-state index in [9.17, 15) is 24.3 Å². The molecule has 27 heavy (non-hydrogen) atoms. The Hall–Kier alpha value is -2.16. The lowest BCUT2D eigenvalue weighted by Gasteiger charge is -2.28. The Balaban J connectivity index is 5.21. The Morgan fingerprint density at radius 1 is 0.778 bits per heavy atom. The van der Waals surface area contributed by atoms with Crippen LogP contribution < -0.4 is 21.7 Å². The Morgan fingerprint density at radius 2 is 1.22 bits per heavy atom. The van der Waals surface area contributed by atoms with Gasteiger partial charge in [0.15, 0.2) is 0 Å². The number of nitrogens with two attached hydrogens (primary N) is 1. The molecule has 0 aliphatic carbocycles. The van der Waals surface area contributed by atoms with E-state index in [1.807, 2.05) is 13.8 Å². The van der Waals surface area contributed by atoms with Crippen molar-refractivity contribution in [3.63, 3.8) is 0 Å². The highest BCUT2D eigenvalue weighted by Gasteiger charge is 2.32. The van der Waals surface area contributed by atoms with Gasteiger partial charge in [0, 0.05) is 0 Å². The summed E-state index contributed by atoms with van der Waals surface area (Å²) in [5.41, 5.74) is 5.46. The quantitative estimate of drug-likeness (QED) is 0.337. The van der Waals surface area contributed by atoms with E-state index in [1.165, 1.54) is 13.8 Å². The molecule has 0 heterocycles. The molecule has 6 atom stereocenters. The van der Waals surface area contributed by atoms with Crippen molar-refractivity contribution in [2.45, 2.75) is 78.6 Å². The van der Waals surface area contributed by atoms with E-state index >= 15 is 0 Å². The molecule has 9 heteroatoms. The second-order valence-corrected chi connectivity index (χ2v) is 7.10. The summed E-state index contributed by atoms with van der Waals surface area (Å²) in [6.45, 7) is 10.2. The van der Waals surface area contributed by atoms with Crippen LogP contribution in [0, 0.1) is 11.8 Å². The van der Waals surface area contributed by atoms with Gasteiger partial charge in [-0.05, 0) is 25.7 Å². The number of hydrogen-bond donors (Lipinski definition) is 5. The van der Waals surface area contributed by atoms with E-state index in [-0.39, 0.29) is 11.8 Å². The minimum Gasteiger partial charge on any atom is -0.480 e. The van der Waals surface area contributed by atoms with Crippen LogP contribution in [0.2, 0.25) is 0 Å². The minimum atomic E-state index is -1.12. The van der Waals surface area contributed by atoms with Crippen LogP contribution in [-0.2, 0) is 19.2 Å². The maximum Gasteiger partial charge on any atom is 0.326 e. The van der Waals surface area contributed by atoms with Gasteiger partial charge in [0.05, 0.1) is 6.04 Å². The first-order valence-electron chi connectivity index (χ1n) is 9.35. The molecule has 9 nitrogen and oxygen atoms in total. The number of amides is 3. The lowest BCUT2D eigenvalue weighted by atomic mass is 9.95. The maximum absolute atomic E-state index is 12.7. The Labute approximate surface area is 160 Å². The highest BCUT2D eigenvalue weighted by Crippen LogP contribution is 2.12. The first-order chi connectivity index (χ1) is 12.5. The largest absolute Gasteiger partial charge is 0.480 e. The molecule has 0 aromatic rings. The molecule has 3 amide bonds. The number of carbonyl (C=O) groups is 4. The summed E-state index contributed by atoms with van der Waals surface area (Å²) < 4.78 is 0. The van der Waals surface area contributed by atoms with Crippen molar-refractivity contribution in [2.24, 2.45) is 17.6 Å². The summed E-state index contributed by atoms with van der Waals surface area (Å²) in [5, 5.41) is 17.0. The molecule has 0 aromatic heterocycles. The third-order valence-corrected chi connectivity index (χ3v) is 4.74. The monoisotopic (exact) mass is 386 g/mol. The van der Waals surface area contributed by atoms with Crippen LogP contribution >= 0.6 is 0 Å². The highest BCUT2D eigenvalue weighted by molar-refractivity contribution is 5.94. The van der Waals surface area contributed by atoms with E-state index in [0.29, 0.717) is 12.8 Å². The number of carboxylic acid groups (broad SMARTS) is 1. The van der Waals surface area contributed by atoms with Gasteiger partial charge in [0.25, 0.3) is 0 Å². The second kappa shape index (κ2) is 11.5. The molecular formula is C18H34N4O5. The lowest BCUT2D eigenvalue weighted by molar-refractivity contribution is -0.144. The molecule has 0 aromatic carbocycles. The predicted molar refractivity (Wildman–Crippen MR) is 102 cm³/mol. The van der Waals surface area contributed by atoms with E-state index in [4.69, 9.17) is 5.73 Å². The molecule has 0 rings (SSSR count).